The zero-order valence-electron chi connectivity index (χ0n) is 22.8. The number of carbonyl (C=O) groups excluding carboxylic acids is 2. The number of carbonyl (C=O) groups is 2. The van der Waals surface area contributed by atoms with Crippen molar-refractivity contribution < 1.29 is 14.3 Å². The molecule has 1 N–H and O–H groups in total. The van der Waals surface area contributed by atoms with Gasteiger partial charge < -0.3 is 15.0 Å². The number of nitrogens with one attached hydrogen (secondary N) is 1. The summed E-state index contributed by atoms with van der Waals surface area (Å²) in [4.78, 5) is 34.0. The summed E-state index contributed by atoms with van der Waals surface area (Å²) in [5.41, 5.74) is 2.53. The summed E-state index contributed by atoms with van der Waals surface area (Å²) in [6.45, 7) is 16.5. The fraction of sp³-hybridized carbons (Fsp3) is 0.552. The van der Waals surface area contributed by atoms with E-state index in [2.05, 4.69) is 48.1 Å². The van der Waals surface area contributed by atoms with Crippen LogP contribution in [-0.4, -0.2) is 65.0 Å². The van der Waals surface area contributed by atoms with Gasteiger partial charge in [0.2, 0.25) is 0 Å². The van der Waals surface area contributed by atoms with Crippen molar-refractivity contribution in [3.05, 3.63) is 59.4 Å². The number of rotatable bonds is 8. The Balaban J connectivity index is 1.41. The molecule has 2 aromatic rings. The molecule has 1 fully saturated rings. The van der Waals surface area contributed by atoms with Gasteiger partial charge in [0, 0.05) is 48.7 Å². The molecule has 1 aliphatic heterocycles. The zero-order valence-corrected chi connectivity index (χ0v) is 22.8. The van der Waals surface area contributed by atoms with E-state index in [0.29, 0.717) is 24.4 Å². The summed E-state index contributed by atoms with van der Waals surface area (Å²) in [5, 5.41) is 3.11. The first-order valence-corrected chi connectivity index (χ1v) is 12.9. The number of pyridine rings is 1. The lowest BCUT2D eigenvalue weighted by atomic mass is 9.81. The van der Waals surface area contributed by atoms with E-state index in [0.717, 1.165) is 50.3 Å². The SMILES string of the molecule is Cc1cccc(CCCN2CCN(C(=O)Oc3ccc(C(=O)NC(C)(C)CC(C)(C)C)cc3)CC2)n1. The van der Waals surface area contributed by atoms with E-state index < -0.39 is 0 Å². The summed E-state index contributed by atoms with van der Waals surface area (Å²) in [6.07, 6.45) is 2.53. The summed E-state index contributed by atoms with van der Waals surface area (Å²) in [6, 6.07) is 12.9. The molecule has 7 nitrogen and oxygen atoms in total. The normalized spacial score (nSPS) is 15.0. The van der Waals surface area contributed by atoms with Crippen molar-refractivity contribution in [3.8, 4) is 5.75 Å². The number of amides is 2. The summed E-state index contributed by atoms with van der Waals surface area (Å²) >= 11 is 0. The van der Waals surface area contributed by atoms with E-state index in [9.17, 15) is 9.59 Å². The molecule has 1 aromatic carbocycles. The minimum Gasteiger partial charge on any atom is -0.410 e. The zero-order chi connectivity index (χ0) is 26.3. The lowest BCUT2D eigenvalue weighted by molar-refractivity contribution is 0.0891. The molecule has 196 valence electrons. The van der Waals surface area contributed by atoms with Crippen molar-refractivity contribution in [2.75, 3.05) is 32.7 Å². The Morgan fingerprint density at radius 2 is 1.64 bits per heavy atom. The summed E-state index contributed by atoms with van der Waals surface area (Å²) in [5.74, 6) is 0.315. The number of ether oxygens (including phenoxy) is 1. The Labute approximate surface area is 216 Å². The monoisotopic (exact) mass is 494 g/mol. The van der Waals surface area contributed by atoms with Crippen LogP contribution in [0.4, 0.5) is 4.79 Å². The Morgan fingerprint density at radius 3 is 2.25 bits per heavy atom. The van der Waals surface area contributed by atoms with Crippen LogP contribution < -0.4 is 10.1 Å². The van der Waals surface area contributed by atoms with E-state index in [-0.39, 0.29) is 23.0 Å². The second-order valence-electron chi connectivity index (χ2n) is 11.7. The third kappa shape index (κ3) is 8.94. The van der Waals surface area contributed by atoms with Crippen LogP contribution in [-0.2, 0) is 6.42 Å². The van der Waals surface area contributed by atoms with Crippen molar-refractivity contribution in [1.29, 1.82) is 0 Å². The predicted molar refractivity (Wildman–Crippen MR) is 143 cm³/mol. The molecule has 1 aromatic heterocycles. The molecule has 0 saturated carbocycles. The van der Waals surface area contributed by atoms with Crippen molar-refractivity contribution in [1.82, 2.24) is 20.1 Å². The van der Waals surface area contributed by atoms with Gasteiger partial charge in [-0.15, -0.1) is 0 Å². The van der Waals surface area contributed by atoms with Gasteiger partial charge in [0.05, 0.1) is 0 Å². The van der Waals surface area contributed by atoms with Gasteiger partial charge in [-0.2, -0.15) is 0 Å². The Bertz CT molecular complexity index is 1020. The van der Waals surface area contributed by atoms with Gasteiger partial charge in [0.1, 0.15) is 5.75 Å². The van der Waals surface area contributed by atoms with Crippen molar-refractivity contribution in [2.45, 2.75) is 66.3 Å². The average Bonchev–Trinajstić information content (AvgIpc) is 2.78. The number of benzene rings is 1. The van der Waals surface area contributed by atoms with Crippen LogP contribution >= 0.6 is 0 Å². The first-order valence-electron chi connectivity index (χ1n) is 12.9. The summed E-state index contributed by atoms with van der Waals surface area (Å²) in [7, 11) is 0. The van der Waals surface area contributed by atoms with E-state index in [1.165, 1.54) is 0 Å². The molecule has 36 heavy (non-hydrogen) atoms. The molecule has 0 radical (unpaired) electrons. The first kappa shape index (κ1) is 27.7. The average molecular weight is 495 g/mol. The molecule has 0 spiro atoms. The highest BCUT2D eigenvalue weighted by atomic mass is 16.6. The molecule has 0 atom stereocenters. The maximum Gasteiger partial charge on any atom is 0.415 e. The van der Waals surface area contributed by atoms with Gasteiger partial charge in [0.25, 0.3) is 5.91 Å². The van der Waals surface area contributed by atoms with Crippen LogP contribution in [0.2, 0.25) is 0 Å². The number of nitrogens with zero attached hydrogens (tertiary/aromatic N) is 3. The fourth-order valence-electron chi connectivity index (χ4n) is 4.97. The smallest absolute Gasteiger partial charge is 0.410 e. The molecule has 0 unspecified atom stereocenters. The van der Waals surface area contributed by atoms with E-state index in [1.807, 2.05) is 26.8 Å². The molecule has 0 aliphatic carbocycles. The molecular weight excluding hydrogens is 452 g/mol. The number of hydrogen-bond acceptors (Lipinski definition) is 5. The third-order valence-electron chi connectivity index (χ3n) is 6.23. The van der Waals surface area contributed by atoms with E-state index in [1.54, 1.807) is 29.2 Å². The van der Waals surface area contributed by atoms with Crippen LogP contribution in [0, 0.1) is 12.3 Å². The van der Waals surface area contributed by atoms with E-state index >= 15 is 0 Å². The highest BCUT2D eigenvalue weighted by molar-refractivity contribution is 5.94. The van der Waals surface area contributed by atoms with Crippen molar-refractivity contribution in [3.63, 3.8) is 0 Å². The standard InChI is InChI=1S/C29H42N4O3/c1-22-9-7-10-24(30-22)11-8-16-32-17-19-33(20-18-32)27(35)36-25-14-12-23(13-15-25)26(34)31-29(5,6)21-28(2,3)4/h7,9-10,12-15H,8,11,16-21H2,1-6H3,(H,31,34). The molecular formula is C29H42N4O3. The summed E-state index contributed by atoms with van der Waals surface area (Å²) < 4.78 is 5.57. The highest BCUT2D eigenvalue weighted by Crippen LogP contribution is 2.27. The van der Waals surface area contributed by atoms with Gasteiger partial charge in [-0.05, 0) is 88.4 Å². The number of hydrogen-bond donors (Lipinski definition) is 1. The van der Waals surface area contributed by atoms with Crippen LogP contribution in [0.5, 0.6) is 5.75 Å². The third-order valence-corrected chi connectivity index (χ3v) is 6.23. The van der Waals surface area contributed by atoms with Crippen molar-refractivity contribution in [2.24, 2.45) is 5.41 Å². The van der Waals surface area contributed by atoms with Gasteiger partial charge in [-0.3, -0.25) is 14.7 Å². The number of piperazine rings is 1. The molecule has 0 bridgehead atoms. The Hall–Kier alpha value is -2.93. The number of aromatic nitrogens is 1. The molecule has 2 amide bonds. The second-order valence-corrected chi connectivity index (χ2v) is 11.7. The van der Waals surface area contributed by atoms with Gasteiger partial charge in [-0.1, -0.05) is 26.8 Å². The predicted octanol–water partition coefficient (Wildman–Crippen LogP) is 5.08. The first-order chi connectivity index (χ1) is 16.9. The van der Waals surface area contributed by atoms with Gasteiger partial charge >= 0.3 is 6.09 Å². The lowest BCUT2D eigenvalue weighted by Crippen LogP contribution is -2.49. The van der Waals surface area contributed by atoms with Crippen LogP contribution in [0.1, 0.15) is 69.2 Å². The largest absolute Gasteiger partial charge is 0.415 e. The minimum absolute atomic E-state index is 0.110. The van der Waals surface area contributed by atoms with Crippen molar-refractivity contribution >= 4 is 12.0 Å². The second kappa shape index (κ2) is 11.9. The topological polar surface area (TPSA) is 74.8 Å². The lowest BCUT2D eigenvalue weighted by Gasteiger charge is -2.34. The van der Waals surface area contributed by atoms with Gasteiger partial charge in [0.15, 0.2) is 0 Å². The van der Waals surface area contributed by atoms with Crippen LogP contribution in [0.25, 0.3) is 0 Å². The fourth-order valence-corrected chi connectivity index (χ4v) is 4.97. The minimum atomic E-state index is -0.345. The van der Waals surface area contributed by atoms with Gasteiger partial charge in [-0.25, -0.2) is 4.79 Å². The molecule has 3 rings (SSSR count). The molecule has 2 heterocycles. The molecule has 1 aliphatic rings. The Morgan fingerprint density at radius 1 is 0.972 bits per heavy atom. The maximum absolute atomic E-state index is 12.7. The molecule has 7 heteroatoms. The molecule has 1 saturated heterocycles. The Kier molecular flexibility index (Phi) is 9.12. The van der Waals surface area contributed by atoms with Crippen LogP contribution in [0.15, 0.2) is 42.5 Å². The highest BCUT2D eigenvalue weighted by Gasteiger charge is 2.27. The van der Waals surface area contributed by atoms with Crippen LogP contribution in [0.3, 0.4) is 0 Å². The maximum atomic E-state index is 12.7. The number of aryl methyl sites for hydroxylation is 2. The quantitative estimate of drug-likeness (QED) is 0.554. The van der Waals surface area contributed by atoms with E-state index in [4.69, 9.17) is 4.74 Å².